The molecule has 5 nitrogen and oxygen atoms in total. The Labute approximate surface area is 134 Å². The van der Waals surface area contributed by atoms with Gasteiger partial charge in [-0.15, -0.1) is 0 Å². The summed E-state index contributed by atoms with van der Waals surface area (Å²) in [6, 6.07) is 0. The molecule has 0 aromatic rings. The van der Waals surface area contributed by atoms with Gasteiger partial charge in [-0.3, -0.25) is 14.5 Å². The lowest BCUT2D eigenvalue weighted by Crippen LogP contribution is -2.51. The fourth-order valence-electron chi connectivity index (χ4n) is 3.47. The molecule has 0 bridgehead atoms. The van der Waals surface area contributed by atoms with E-state index in [9.17, 15) is 9.59 Å². The van der Waals surface area contributed by atoms with Crippen molar-refractivity contribution in [1.29, 1.82) is 0 Å². The largest absolute Gasteiger partial charge is 0.343 e. The van der Waals surface area contributed by atoms with Gasteiger partial charge < -0.3 is 9.80 Å². The van der Waals surface area contributed by atoms with E-state index >= 15 is 0 Å². The summed E-state index contributed by atoms with van der Waals surface area (Å²) in [5, 5.41) is 0. The number of carbonyl (C=O) groups is 2. The van der Waals surface area contributed by atoms with Gasteiger partial charge in [0, 0.05) is 58.2 Å². The molecule has 0 aromatic heterocycles. The number of hydrogen-bond acceptors (Lipinski definition) is 3. The van der Waals surface area contributed by atoms with Crippen molar-refractivity contribution >= 4 is 11.8 Å². The molecule has 0 atom stereocenters. The van der Waals surface area contributed by atoms with Crippen molar-refractivity contribution in [3.63, 3.8) is 0 Å². The molecule has 2 heterocycles. The highest BCUT2D eigenvalue weighted by Crippen LogP contribution is 2.20. The summed E-state index contributed by atoms with van der Waals surface area (Å²) < 4.78 is 0. The smallest absolute Gasteiger partial charge is 0.225 e. The highest BCUT2D eigenvalue weighted by Gasteiger charge is 2.27. The second-order valence-corrected chi connectivity index (χ2v) is 6.96. The number of nitrogens with zero attached hydrogens (tertiary/aromatic N) is 3. The quantitative estimate of drug-likeness (QED) is 0.789. The first-order valence-electron chi connectivity index (χ1n) is 8.80. The van der Waals surface area contributed by atoms with E-state index in [1.54, 1.807) is 0 Å². The van der Waals surface area contributed by atoms with Crippen molar-refractivity contribution in [1.82, 2.24) is 14.7 Å². The van der Waals surface area contributed by atoms with Crippen LogP contribution in [-0.4, -0.2) is 72.3 Å². The number of likely N-dealkylation sites (tertiary alicyclic amines) is 1. The van der Waals surface area contributed by atoms with Crippen molar-refractivity contribution in [2.24, 2.45) is 11.8 Å². The van der Waals surface area contributed by atoms with Crippen molar-refractivity contribution in [3.05, 3.63) is 0 Å². The van der Waals surface area contributed by atoms with Gasteiger partial charge in [0.15, 0.2) is 0 Å². The van der Waals surface area contributed by atoms with Gasteiger partial charge in [0.05, 0.1) is 0 Å². The van der Waals surface area contributed by atoms with Crippen molar-refractivity contribution in [2.45, 2.75) is 40.0 Å². The lowest BCUT2D eigenvalue weighted by Gasteiger charge is -2.39. The molecule has 22 heavy (non-hydrogen) atoms. The first kappa shape index (κ1) is 17.3. The Morgan fingerprint density at radius 2 is 1.55 bits per heavy atom. The summed E-state index contributed by atoms with van der Waals surface area (Å²) in [6.45, 7) is 12.6. The molecule has 126 valence electrons. The first-order valence-corrected chi connectivity index (χ1v) is 8.80. The van der Waals surface area contributed by atoms with E-state index in [2.05, 4.69) is 4.90 Å². The predicted octanol–water partition coefficient (Wildman–Crippen LogP) is 1.44. The highest BCUT2D eigenvalue weighted by atomic mass is 16.2. The van der Waals surface area contributed by atoms with Crippen LogP contribution in [0.2, 0.25) is 0 Å². The number of piperidine rings is 1. The summed E-state index contributed by atoms with van der Waals surface area (Å²) in [4.78, 5) is 30.2. The normalized spacial score (nSPS) is 21.5. The van der Waals surface area contributed by atoms with E-state index < -0.39 is 0 Å². The Morgan fingerprint density at radius 1 is 0.955 bits per heavy atom. The predicted molar refractivity (Wildman–Crippen MR) is 87.5 cm³/mol. The first-order chi connectivity index (χ1) is 10.5. The molecule has 5 heteroatoms. The van der Waals surface area contributed by atoms with E-state index in [0.29, 0.717) is 18.2 Å². The van der Waals surface area contributed by atoms with Crippen LogP contribution >= 0.6 is 0 Å². The summed E-state index contributed by atoms with van der Waals surface area (Å²) in [6.07, 6.45) is 2.87. The standard InChI is InChI=1S/C17H31N3O2/c1-4-16(21)19-7-5-15(6-8-19)13-18-9-11-20(12-10-18)17(22)14(2)3/h14-15H,4-13H2,1-3H3. The minimum Gasteiger partial charge on any atom is -0.343 e. The van der Waals surface area contributed by atoms with Crippen LogP contribution in [-0.2, 0) is 9.59 Å². The molecule has 0 saturated carbocycles. The number of piperazine rings is 1. The van der Waals surface area contributed by atoms with Crippen molar-refractivity contribution < 1.29 is 9.59 Å². The third kappa shape index (κ3) is 4.45. The molecule has 2 saturated heterocycles. The summed E-state index contributed by atoms with van der Waals surface area (Å²) in [5.74, 6) is 1.38. The molecule has 0 N–H and O–H groups in total. The van der Waals surface area contributed by atoms with Crippen LogP contribution in [0, 0.1) is 11.8 Å². The van der Waals surface area contributed by atoms with Crippen LogP contribution in [0.4, 0.5) is 0 Å². The van der Waals surface area contributed by atoms with Gasteiger partial charge in [-0.05, 0) is 18.8 Å². The van der Waals surface area contributed by atoms with Crippen LogP contribution in [0.5, 0.6) is 0 Å². The monoisotopic (exact) mass is 309 g/mol. The fourth-order valence-corrected chi connectivity index (χ4v) is 3.47. The topological polar surface area (TPSA) is 43.9 Å². The minimum atomic E-state index is 0.104. The molecule has 0 aromatic carbocycles. The van der Waals surface area contributed by atoms with E-state index in [4.69, 9.17) is 0 Å². The van der Waals surface area contributed by atoms with E-state index in [1.165, 1.54) is 0 Å². The van der Waals surface area contributed by atoms with Crippen LogP contribution in [0.1, 0.15) is 40.0 Å². The average Bonchev–Trinajstić information content (AvgIpc) is 2.54. The number of hydrogen-bond donors (Lipinski definition) is 0. The summed E-state index contributed by atoms with van der Waals surface area (Å²) >= 11 is 0. The number of carbonyl (C=O) groups excluding carboxylic acids is 2. The van der Waals surface area contributed by atoms with Gasteiger partial charge in [-0.2, -0.15) is 0 Å². The zero-order valence-electron chi connectivity index (χ0n) is 14.4. The molecule has 0 unspecified atom stereocenters. The highest BCUT2D eigenvalue weighted by molar-refractivity contribution is 5.78. The van der Waals surface area contributed by atoms with Crippen LogP contribution in [0.25, 0.3) is 0 Å². The minimum absolute atomic E-state index is 0.104. The Morgan fingerprint density at radius 3 is 2.05 bits per heavy atom. The van der Waals surface area contributed by atoms with E-state index in [1.807, 2.05) is 30.6 Å². The Hall–Kier alpha value is -1.10. The number of rotatable bonds is 4. The fraction of sp³-hybridized carbons (Fsp3) is 0.882. The van der Waals surface area contributed by atoms with E-state index in [-0.39, 0.29) is 11.8 Å². The molecule has 2 aliphatic heterocycles. The average molecular weight is 309 g/mol. The van der Waals surface area contributed by atoms with Gasteiger partial charge in [0.2, 0.25) is 11.8 Å². The Balaban J connectivity index is 1.69. The molecule has 2 amide bonds. The molecule has 0 radical (unpaired) electrons. The lowest BCUT2D eigenvalue weighted by molar-refractivity contribution is -0.136. The van der Waals surface area contributed by atoms with Crippen LogP contribution < -0.4 is 0 Å². The number of amides is 2. The molecular weight excluding hydrogens is 278 g/mol. The van der Waals surface area contributed by atoms with E-state index in [0.717, 1.165) is 58.7 Å². The molecule has 2 rings (SSSR count). The maximum atomic E-state index is 12.0. The van der Waals surface area contributed by atoms with Gasteiger partial charge in [-0.25, -0.2) is 0 Å². The van der Waals surface area contributed by atoms with Gasteiger partial charge >= 0.3 is 0 Å². The van der Waals surface area contributed by atoms with Gasteiger partial charge in [-0.1, -0.05) is 20.8 Å². The Bertz CT molecular complexity index is 381. The van der Waals surface area contributed by atoms with Crippen LogP contribution in [0.3, 0.4) is 0 Å². The molecular formula is C17H31N3O2. The molecule has 2 fully saturated rings. The summed E-state index contributed by atoms with van der Waals surface area (Å²) in [5.41, 5.74) is 0. The van der Waals surface area contributed by atoms with Crippen molar-refractivity contribution in [3.8, 4) is 0 Å². The molecule has 2 aliphatic rings. The lowest BCUT2D eigenvalue weighted by atomic mass is 9.95. The Kier molecular flexibility index (Phi) is 6.24. The third-order valence-electron chi connectivity index (χ3n) is 4.96. The second-order valence-electron chi connectivity index (χ2n) is 6.96. The zero-order valence-corrected chi connectivity index (χ0v) is 14.4. The SMILES string of the molecule is CCC(=O)N1CCC(CN2CCN(C(=O)C(C)C)CC2)CC1. The van der Waals surface area contributed by atoms with Gasteiger partial charge in [0.1, 0.15) is 0 Å². The third-order valence-corrected chi connectivity index (χ3v) is 4.96. The molecule has 0 spiro atoms. The summed E-state index contributed by atoms with van der Waals surface area (Å²) in [7, 11) is 0. The van der Waals surface area contributed by atoms with Gasteiger partial charge in [0.25, 0.3) is 0 Å². The van der Waals surface area contributed by atoms with Crippen molar-refractivity contribution in [2.75, 3.05) is 45.8 Å². The maximum Gasteiger partial charge on any atom is 0.225 e. The zero-order chi connectivity index (χ0) is 16.1. The van der Waals surface area contributed by atoms with Crippen LogP contribution in [0.15, 0.2) is 0 Å². The maximum absolute atomic E-state index is 12.0. The molecule has 0 aliphatic carbocycles. The second kappa shape index (κ2) is 7.95.